The standard InChI is InChI=1S/C14H13FN4O/c15-10-2-1-9-4-6-19(13(9)7-10)14(20)12-8-11(18-16)3-5-17-12/h1-3,5,7-8H,4,6,16H2,(H,17,18). The Morgan fingerprint density at radius 1 is 1.35 bits per heavy atom. The third-order valence-electron chi connectivity index (χ3n) is 3.33. The van der Waals surface area contributed by atoms with E-state index in [4.69, 9.17) is 5.84 Å². The molecule has 3 rings (SSSR count). The Balaban J connectivity index is 1.95. The molecule has 0 fully saturated rings. The molecule has 20 heavy (non-hydrogen) atoms. The zero-order valence-electron chi connectivity index (χ0n) is 10.6. The van der Waals surface area contributed by atoms with E-state index >= 15 is 0 Å². The van der Waals surface area contributed by atoms with Crippen LogP contribution in [0.2, 0.25) is 0 Å². The molecular formula is C14H13FN4O. The molecule has 0 saturated heterocycles. The van der Waals surface area contributed by atoms with Gasteiger partial charge in [-0.15, -0.1) is 0 Å². The van der Waals surface area contributed by atoms with Crippen LogP contribution in [0.1, 0.15) is 16.1 Å². The molecule has 1 aromatic carbocycles. The maximum Gasteiger partial charge on any atom is 0.276 e. The minimum atomic E-state index is -0.353. The van der Waals surface area contributed by atoms with Gasteiger partial charge in [0.2, 0.25) is 0 Å². The molecule has 2 heterocycles. The molecule has 1 aliphatic rings. The second-order valence-electron chi connectivity index (χ2n) is 4.55. The molecule has 0 aliphatic carbocycles. The number of nitrogens with two attached hydrogens (primary N) is 1. The average Bonchev–Trinajstić information content (AvgIpc) is 2.89. The molecule has 1 aliphatic heterocycles. The van der Waals surface area contributed by atoms with Crippen LogP contribution in [0.4, 0.5) is 15.8 Å². The summed E-state index contributed by atoms with van der Waals surface area (Å²) in [5.41, 5.74) is 4.92. The first-order chi connectivity index (χ1) is 9.69. The Kier molecular flexibility index (Phi) is 3.08. The number of hydrazine groups is 1. The van der Waals surface area contributed by atoms with Gasteiger partial charge in [0.1, 0.15) is 11.5 Å². The second-order valence-corrected chi connectivity index (χ2v) is 4.55. The van der Waals surface area contributed by atoms with Crippen molar-refractivity contribution in [1.82, 2.24) is 4.98 Å². The minimum absolute atomic E-state index is 0.258. The van der Waals surface area contributed by atoms with Gasteiger partial charge in [0, 0.05) is 12.7 Å². The number of nitrogens with one attached hydrogen (secondary N) is 1. The number of hydrogen-bond acceptors (Lipinski definition) is 4. The highest BCUT2D eigenvalue weighted by molar-refractivity contribution is 6.06. The molecule has 5 nitrogen and oxygen atoms in total. The molecule has 0 bridgehead atoms. The maximum atomic E-state index is 13.3. The third kappa shape index (κ3) is 2.10. The van der Waals surface area contributed by atoms with E-state index in [-0.39, 0.29) is 17.4 Å². The number of nitrogens with zero attached hydrogens (tertiary/aromatic N) is 2. The van der Waals surface area contributed by atoms with Gasteiger partial charge in [-0.1, -0.05) is 6.07 Å². The van der Waals surface area contributed by atoms with Gasteiger partial charge in [-0.25, -0.2) is 4.39 Å². The summed E-state index contributed by atoms with van der Waals surface area (Å²) in [5.74, 6) is 4.71. The summed E-state index contributed by atoms with van der Waals surface area (Å²) in [5, 5.41) is 0. The number of carbonyl (C=O) groups is 1. The summed E-state index contributed by atoms with van der Waals surface area (Å²) < 4.78 is 13.3. The largest absolute Gasteiger partial charge is 0.324 e. The number of pyridine rings is 1. The monoisotopic (exact) mass is 272 g/mol. The third-order valence-corrected chi connectivity index (χ3v) is 3.33. The van der Waals surface area contributed by atoms with E-state index in [1.807, 2.05) is 0 Å². The van der Waals surface area contributed by atoms with Crippen LogP contribution < -0.4 is 16.2 Å². The summed E-state index contributed by atoms with van der Waals surface area (Å²) in [4.78, 5) is 18.1. The Morgan fingerprint density at radius 2 is 2.20 bits per heavy atom. The van der Waals surface area contributed by atoms with Gasteiger partial charge in [-0.3, -0.25) is 15.6 Å². The fourth-order valence-electron chi connectivity index (χ4n) is 2.34. The quantitative estimate of drug-likeness (QED) is 0.645. The lowest BCUT2D eigenvalue weighted by Crippen LogP contribution is -2.29. The van der Waals surface area contributed by atoms with Crippen LogP contribution in [0.25, 0.3) is 0 Å². The van der Waals surface area contributed by atoms with Gasteiger partial charge in [-0.2, -0.15) is 0 Å². The molecule has 0 spiro atoms. The lowest BCUT2D eigenvalue weighted by Gasteiger charge is -2.17. The zero-order chi connectivity index (χ0) is 14.1. The normalized spacial score (nSPS) is 13.2. The van der Waals surface area contributed by atoms with E-state index < -0.39 is 0 Å². The number of nitrogen functional groups attached to an aromatic ring is 1. The summed E-state index contributed by atoms with van der Waals surface area (Å²) in [6.07, 6.45) is 2.22. The van der Waals surface area contributed by atoms with Gasteiger partial charge in [0.15, 0.2) is 0 Å². The number of fused-ring (bicyclic) bond motifs is 1. The van der Waals surface area contributed by atoms with Crippen molar-refractivity contribution in [3.63, 3.8) is 0 Å². The Hall–Kier alpha value is -2.47. The van der Waals surface area contributed by atoms with E-state index in [9.17, 15) is 9.18 Å². The number of hydrogen-bond donors (Lipinski definition) is 2. The van der Waals surface area contributed by atoms with Crippen molar-refractivity contribution in [2.24, 2.45) is 5.84 Å². The van der Waals surface area contributed by atoms with Crippen LogP contribution in [0.15, 0.2) is 36.5 Å². The highest BCUT2D eigenvalue weighted by Crippen LogP contribution is 2.29. The van der Waals surface area contributed by atoms with Crippen LogP contribution in [-0.4, -0.2) is 17.4 Å². The molecule has 0 atom stereocenters. The number of anilines is 2. The molecule has 6 heteroatoms. The van der Waals surface area contributed by atoms with Gasteiger partial charge in [0.05, 0.1) is 11.4 Å². The number of rotatable bonds is 2. The second kappa shape index (κ2) is 4.90. The molecule has 3 N–H and O–H groups in total. The van der Waals surface area contributed by atoms with E-state index in [2.05, 4.69) is 10.4 Å². The molecule has 0 saturated carbocycles. The highest BCUT2D eigenvalue weighted by Gasteiger charge is 2.26. The van der Waals surface area contributed by atoms with Crippen molar-refractivity contribution in [2.75, 3.05) is 16.9 Å². The molecule has 102 valence electrons. The molecule has 2 aromatic rings. The van der Waals surface area contributed by atoms with Gasteiger partial charge < -0.3 is 10.3 Å². The van der Waals surface area contributed by atoms with Crippen molar-refractivity contribution in [1.29, 1.82) is 0 Å². The molecule has 1 amide bonds. The topological polar surface area (TPSA) is 71.2 Å². The van der Waals surface area contributed by atoms with Crippen molar-refractivity contribution < 1.29 is 9.18 Å². The van der Waals surface area contributed by atoms with Crippen LogP contribution in [-0.2, 0) is 6.42 Å². The predicted molar refractivity (Wildman–Crippen MR) is 73.8 cm³/mol. The van der Waals surface area contributed by atoms with Crippen LogP contribution in [0.5, 0.6) is 0 Å². The minimum Gasteiger partial charge on any atom is -0.324 e. The van der Waals surface area contributed by atoms with E-state index in [0.717, 1.165) is 12.0 Å². The Morgan fingerprint density at radius 3 is 3.00 bits per heavy atom. The van der Waals surface area contributed by atoms with Crippen molar-refractivity contribution in [3.05, 3.63) is 53.6 Å². The predicted octanol–water partition coefficient (Wildman–Crippen LogP) is 1.71. The summed E-state index contributed by atoms with van der Waals surface area (Å²) in [7, 11) is 0. The first kappa shape index (κ1) is 12.6. The molecule has 0 radical (unpaired) electrons. The van der Waals surface area contributed by atoms with E-state index in [1.165, 1.54) is 18.3 Å². The van der Waals surface area contributed by atoms with Crippen molar-refractivity contribution in [3.8, 4) is 0 Å². The Bertz CT molecular complexity index is 674. The van der Waals surface area contributed by atoms with Crippen molar-refractivity contribution in [2.45, 2.75) is 6.42 Å². The average molecular weight is 272 g/mol. The van der Waals surface area contributed by atoms with Gasteiger partial charge in [-0.05, 0) is 36.2 Å². The zero-order valence-corrected chi connectivity index (χ0v) is 10.6. The summed E-state index contributed by atoms with van der Waals surface area (Å²) >= 11 is 0. The fraction of sp³-hybridized carbons (Fsp3) is 0.143. The number of amides is 1. The first-order valence-corrected chi connectivity index (χ1v) is 6.22. The Labute approximate surface area is 115 Å². The first-order valence-electron chi connectivity index (χ1n) is 6.22. The SMILES string of the molecule is NNc1ccnc(C(=O)N2CCc3ccc(F)cc32)c1. The maximum absolute atomic E-state index is 13.3. The molecule has 1 aromatic heterocycles. The lowest BCUT2D eigenvalue weighted by molar-refractivity contribution is 0.0984. The van der Waals surface area contributed by atoms with Crippen LogP contribution in [0, 0.1) is 5.82 Å². The van der Waals surface area contributed by atoms with E-state index in [1.54, 1.807) is 23.1 Å². The van der Waals surface area contributed by atoms with Crippen LogP contribution >= 0.6 is 0 Å². The summed E-state index contributed by atoms with van der Waals surface area (Å²) in [6.45, 7) is 0.527. The van der Waals surface area contributed by atoms with Gasteiger partial charge in [0.25, 0.3) is 5.91 Å². The lowest BCUT2D eigenvalue weighted by atomic mass is 10.1. The van der Waals surface area contributed by atoms with Crippen molar-refractivity contribution >= 4 is 17.3 Å². The summed E-state index contributed by atoms with van der Waals surface area (Å²) in [6, 6.07) is 7.73. The van der Waals surface area contributed by atoms with Crippen LogP contribution in [0.3, 0.4) is 0 Å². The highest BCUT2D eigenvalue weighted by atomic mass is 19.1. The molecule has 0 unspecified atom stereocenters. The van der Waals surface area contributed by atoms with E-state index in [0.29, 0.717) is 17.9 Å². The number of benzene rings is 1. The molecular weight excluding hydrogens is 259 g/mol. The fourth-order valence-corrected chi connectivity index (χ4v) is 2.34. The van der Waals surface area contributed by atoms with Gasteiger partial charge >= 0.3 is 0 Å². The smallest absolute Gasteiger partial charge is 0.276 e. The number of aromatic nitrogens is 1. The number of carbonyl (C=O) groups excluding carboxylic acids is 1. The number of halogens is 1.